The van der Waals surface area contributed by atoms with Gasteiger partial charge in [0, 0.05) is 12.1 Å². The highest BCUT2D eigenvalue weighted by molar-refractivity contribution is 7.36. The number of benzene rings is 1. The van der Waals surface area contributed by atoms with Gasteiger partial charge >= 0.3 is 6.09 Å². The second kappa shape index (κ2) is 11.1. The number of nitrogens with one attached hydrogen (secondary N) is 1. The summed E-state index contributed by atoms with van der Waals surface area (Å²) >= 11 is 0. The monoisotopic (exact) mass is 389 g/mol. The Balaban J connectivity index is 0.00000126. The summed E-state index contributed by atoms with van der Waals surface area (Å²) < 4.78 is 5.22. The summed E-state index contributed by atoms with van der Waals surface area (Å²) in [6, 6.07) is 8.81. The molecule has 3 unspecified atom stereocenters. The Bertz CT molecular complexity index is 671. The summed E-state index contributed by atoms with van der Waals surface area (Å²) in [6.45, 7) is 6.23. The number of primary amides is 1. The Hall–Kier alpha value is -1.87. The van der Waals surface area contributed by atoms with E-state index in [0.29, 0.717) is 5.92 Å². The van der Waals surface area contributed by atoms with Crippen LogP contribution in [-0.4, -0.2) is 24.6 Å². The van der Waals surface area contributed by atoms with Gasteiger partial charge in [-0.1, -0.05) is 38.1 Å². The highest BCUT2D eigenvalue weighted by Gasteiger charge is 2.28. The van der Waals surface area contributed by atoms with Crippen LogP contribution in [0.2, 0.25) is 0 Å². The van der Waals surface area contributed by atoms with Crippen molar-refractivity contribution in [1.29, 1.82) is 0 Å². The molecule has 0 saturated heterocycles. The summed E-state index contributed by atoms with van der Waals surface area (Å²) in [4.78, 5) is 11.0. The third kappa shape index (κ3) is 6.07. The van der Waals surface area contributed by atoms with Gasteiger partial charge in [0.15, 0.2) is 0 Å². The van der Waals surface area contributed by atoms with E-state index in [1.807, 2.05) is 20.0 Å². The first-order valence-electron chi connectivity index (χ1n) is 9.89. The molecular weight excluding hydrogens is 357 g/mol. The largest absolute Gasteiger partial charge is 0.446 e. The molecule has 3 rings (SSSR count). The zero-order valence-electron chi connectivity index (χ0n) is 16.6. The fourth-order valence-electron chi connectivity index (χ4n) is 3.67. The number of nitrogens with zero attached hydrogens (tertiary/aromatic N) is 1. The third-order valence-electron chi connectivity index (χ3n) is 4.90. The lowest BCUT2D eigenvalue weighted by Gasteiger charge is -2.30. The molecule has 1 heterocycles. The number of hydrazone groups is 1. The SMILES string of the molecule is CC.CPCc1ccc(C2=NNC=C3CCC(OC(N)=O)CCCC32)cc1. The zero-order chi connectivity index (χ0) is 19.6. The molecule has 5 nitrogen and oxygen atoms in total. The topological polar surface area (TPSA) is 76.7 Å². The maximum Gasteiger partial charge on any atom is 0.404 e. The van der Waals surface area contributed by atoms with E-state index in [4.69, 9.17) is 10.5 Å². The Morgan fingerprint density at radius 1 is 1.26 bits per heavy atom. The molecule has 0 bridgehead atoms. The van der Waals surface area contributed by atoms with Crippen LogP contribution in [0.5, 0.6) is 0 Å². The van der Waals surface area contributed by atoms with Gasteiger partial charge in [-0.25, -0.2) is 4.79 Å². The van der Waals surface area contributed by atoms with Crippen LogP contribution in [0, 0.1) is 5.92 Å². The van der Waals surface area contributed by atoms with Crippen LogP contribution in [0.15, 0.2) is 41.1 Å². The van der Waals surface area contributed by atoms with E-state index < -0.39 is 6.09 Å². The predicted molar refractivity (Wildman–Crippen MR) is 115 cm³/mol. The van der Waals surface area contributed by atoms with Crippen molar-refractivity contribution in [2.45, 2.75) is 58.2 Å². The fourth-order valence-corrected chi connectivity index (χ4v) is 4.32. The lowest BCUT2D eigenvalue weighted by Crippen LogP contribution is -2.30. The lowest BCUT2D eigenvalue weighted by atomic mass is 9.80. The van der Waals surface area contributed by atoms with Crippen molar-refractivity contribution >= 4 is 20.4 Å². The highest BCUT2D eigenvalue weighted by Crippen LogP contribution is 2.33. The molecule has 27 heavy (non-hydrogen) atoms. The normalized spacial score (nSPS) is 22.2. The van der Waals surface area contributed by atoms with E-state index in [1.54, 1.807) is 0 Å². The first-order valence-corrected chi connectivity index (χ1v) is 11.6. The Morgan fingerprint density at radius 3 is 2.67 bits per heavy atom. The van der Waals surface area contributed by atoms with Crippen LogP contribution < -0.4 is 11.2 Å². The minimum atomic E-state index is -0.673. The molecule has 0 spiro atoms. The molecule has 6 heteroatoms. The van der Waals surface area contributed by atoms with Crippen LogP contribution in [-0.2, 0) is 10.9 Å². The molecule has 1 fully saturated rings. The van der Waals surface area contributed by atoms with Crippen molar-refractivity contribution in [2.24, 2.45) is 16.8 Å². The number of hydrogen-bond acceptors (Lipinski definition) is 4. The van der Waals surface area contributed by atoms with E-state index in [1.165, 1.54) is 16.7 Å². The first kappa shape index (κ1) is 21.4. The van der Waals surface area contributed by atoms with Gasteiger partial charge in [0.05, 0.1) is 5.71 Å². The zero-order valence-corrected chi connectivity index (χ0v) is 17.6. The van der Waals surface area contributed by atoms with Crippen LogP contribution >= 0.6 is 8.58 Å². The second-order valence-corrected chi connectivity index (χ2v) is 7.71. The average molecular weight is 389 g/mol. The van der Waals surface area contributed by atoms with Gasteiger partial charge in [0.25, 0.3) is 0 Å². The van der Waals surface area contributed by atoms with E-state index in [0.717, 1.165) is 52.6 Å². The number of carbonyl (C=O) groups is 1. The van der Waals surface area contributed by atoms with E-state index >= 15 is 0 Å². The van der Waals surface area contributed by atoms with Crippen LogP contribution in [0.4, 0.5) is 4.79 Å². The van der Waals surface area contributed by atoms with Crippen LogP contribution in [0.1, 0.15) is 57.1 Å². The quantitative estimate of drug-likeness (QED) is 0.729. The van der Waals surface area contributed by atoms with Gasteiger partial charge in [0.1, 0.15) is 6.10 Å². The molecule has 2 aliphatic rings. The number of rotatable bonds is 4. The van der Waals surface area contributed by atoms with Gasteiger partial charge in [-0.3, -0.25) is 5.43 Å². The standard InChI is InChI=1S/C19H26N3O2P.C2H6/c1-25-12-13-5-7-14(8-6-13)18-17-4-2-3-16(24-19(20)23)10-9-15(17)11-21-22-18;1-2/h5-8,11,16-17,21,25H,2-4,9-10,12H2,1H3,(H2,20,23);1-2H3. The van der Waals surface area contributed by atoms with Gasteiger partial charge in [-0.15, -0.1) is 8.58 Å². The van der Waals surface area contributed by atoms with Gasteiger partial charge in [-0.2, -0.15) is 5.10 Å². The molecule has 1 aliphatic heterocycles. The highest BCUT2D eigenvalue weighted by atomic mass is 31.1. The van der Waals surface area contributed by atoms with Gasteiger partial charge in [0.2, 0.25) is 0 Å². The molecule has 3 N–H and O–H groups in total. The number of carbonyl (C=O) groups excluding carboxylic acids is 1. The van der Waals surface area contributed by atoms with E-state index in [9.17, 15) is 4.79 Å². The number of amides is 1. The number of hydrogen-bond donors (Lipinski definition) is 2. The molecule has 148 valence electrons. The summed E-state index contributed by atoms with van der Waals surface area (Å²) in [5, 5.41) is 4.59. The summed E-state index contributed by atoms with van der Waals surface area (Å²) in [7, 11) is 0.936. The molecule has 1 saturated carbocycles. The second-order valence-electron chi connectivity index (χ2n) is 6.65. The van der Waals surface area contributed by atoms with Crippen molar-refractivity contribution in [1.82, 2.24) is 5.43 Å². The minimum Gasteiger partial charge on any atom is -0.446 e. The summed E-state index contributed by atoms with van der Waals surface area (Å²) in [6.07, 6.45) is 6.98. The minimum absolute atomic E-state index is 0.0733. The number of nitrogens with two attached hydrogens (primary N) is 1. The summed E-state index contributed by atoms with van der Waals surface area (Å²) in [5.41, 5.74) is 13.3. The molecule has 1 amide bonds. The number of fused-ring (bicyclic) bond motifs is 1. The van der Waals surface area contributed by atoms with Gasteiger partial charge in [-0.05, 0) is 61.6 Å². The molecule has 1 aromatic carbocycles. The predicted octanol–water partition coefficient (Wildman–Crippen LogP) is 4.76. The van der Waals surface area contributed by atoms with Crippen LogP contribution in [0.25, 0.3) is 0 Å². The average Bonchev–Trinajstić information content (AvgIpc) is 2.66. The maximum atomic E-state index is 11.0. The van der Waals surface area contributed by atoms with Crippen molar-refractivity contribution in [3.8, 4) is 0 Å². The van der Waals surface area contributed by atoms with Gasteiger partial charge < -0.3 is 10.5 Å². The molecule has 0 aromatic heterocycles. The number of allylic oxidation sites excluding steroid dienone is 1. The third-order valence-corrected chi connectivity index (χ3v) is 5.66. The molecule has 1 aromatic rings. The molecule has 3 atom stereocenters. The summed E-state index contributed by atoms with van der Waals surface area (Å²) in [5.74, 6) is 0.342. The number of ether oxygens (including phenoxy) is 1. The fraction of sp³-hybridized carbons (Fsp3) is 0.524. The van der Waals surface area contributed by atoms with Crippen LogP contribution in [0.3, 0.4) is 0 Å². The van der Waals surface area contributed by atoms with Crippen molar-refractivity contribution < 1.29 is 9.53 Å². The van der Waals surface area contributed by atoms with Crippen molar-refractivity contribution in [3.63, 3.8) is 0 Å². The van der Waals surface area contributed by atoms with Crippen molar-refractivity contribution in [3.05, 3.63) is 47.2 Å². The lowest BCUT2D eigenvalue weighted by molar-refractivity contribution is 0.0915. The Labute approximate surface area is 164 Å². The Kier molecular flexibility index (Phi) is 8.80. The maximum absolute atomic E-state index is 11.0. The molecule has 1 aliphatic carbocycles. The van der Waals surface area contributed by atoms with Crippen molar-refractivity contribution in [2.75, 3.05) is 6.66 Å². The molecular formula is C21H32N3O2P. The van der Waals surface area contributed by atoms with E-state index in [-0.39, 0.29) is 6.10 Å². The molecule has 0 radical (unpaired) electrons. The first-order chi connectivity index (χ1) is 13.2. The Morgan fingerprint density at radius 2 is 2.00 bits per heavy atom. The van der Waals surface area contributed by atoms with E-state index in [2.05, 4.69) is 41.5 Å². The smallest absolute Gasteiger partial charge is 0.404 e.